The van der Waals surface area contributed by atoms with E-state index in [1.54, 1.807) is 0 Å². The molecule has 0 saturated carbocycles. The minimum atomic E-state index is 0.533. The normalized spacial score (nSPS) is 23.1. The van der Waals surface area contributed by atoms with Gasteiger partial charge in [0.05, 0.1) is 0 Å². The number of nitrogens with one attached hydrogen (secondary N) is 1. The number of hydrogen-bond donors (Lipinski definition) is 2. The number of rotatable bonds is 1. The zero-order valence-corrected chi connectivity index (χ0v) is 9.21. The first-order valence-corrected chi connectivity index (χ1v) is 5.95. The Bertz CT molecular complexity index is 284. The van der Waals surface area contributed by atoms with Crippen LogP contribution in [-0.2, 0) is 0 Å². The molecule has 15 heavy (non-hydrogen) atoms. The van der Waals surface area contributed by atoms with Gasteiger partial charge in [0.25, 0.3) is 0 Å². The molecule has 1 atom stereocenters. The van der Waals surface area contributed by atoms with Crippen LogP contribution >= 0.6 is 0 Å². The second-order valence-corrected chi connectivity index (χ2v) is 4.38. The van der Waals surface area contributed by atoms with Gasteiger partial charge in [-0.2, -0.15) is 0 Å². The van der Waals surface area contributed by atoms with Gasteiger partial charge in [-0.05, 0) is 37.1 Å². The van der Waals surface area contributed by atoms with Crippen molar-refractivity contribution in [2.45, 2.75) is 38.1 Å². The standard InChI is InChI=1S/C13H20N2/c14-12-8-6-11(7-9-12)13-5-3-1-2-4-10-15-13/h6-9,13,15H,1-5,10,14H2. The third-order valence-corrected chi connectivity index (χ3v) is 3.15. The zero-order valence-electron chi connectivity index (χ0n) is 9.21. The maximum atomic E-state index is 5.69. The zero-order chi connectivity index (χ0) is 10.5. The van der Waals surface area contributed by atoms with E-state index in [4.69, 9.17) is 5.73 Å². The fourth-order valence-electron chi connectivity index (χ4n) is 2.22. The lowest BCUT2D eigenvalue weighted by atomic mass is 9.97. The molecule has 1 aromatic rings. The van der Waals surface area contributed by atoms with Crippen molar-refractivity contribution in [1.29, 1.82) is 0 Å². The van der Waals surface area contributed by atoms with E-state index in [-0.39, 0.29) is 0 Å². The summed E-state index contributed by atoms with van der Waals surface area (Å²) < 4.78 is 0. The van der Waals surface area contributed by atoms with Crippen LogP contribution in [0.5, 0.6) is 0 Å². The molecule has 1 unspecified atom stereocenters. The SMILES string of the molecule is Nc1ccc(C2CCCCCCN2)cc1. The predicted octanol–water partition coefficient (Wildman–Crippen LogP) is 2.86. The molecular weight excluding hydrogens is 184 g/mol. The molecule has 0 spiro atoms. The molecule has 2 nitrogen and oxygen atoms in total. The fourth-order valence-corrected chi connectivity index (χ4v) is 2.22. The molecule has 82 valence electrons. The topological polar surface area (TPSA) is 38.0 Å². The minimum Gasteiger partial charge on any atom is -0.399 e. The average molecular weight is 204 g/mol. The maximum absolute atomic E-state index is 5.69. The molecule has 3 N–H and O–H groups in total. The van der Waals surface area contributed by atoms with Crippen LogP contribution in [0.25, 0.3) is 0 Å². The summed E-state index contributed by atoms with van der Waals surface area (Å²) >= 11 is 0. The maximum Gasteiger partial charge on any atom is 0.0320 e. The number of nitrogen functional groups attached to an aromatic ring is 1. The molecule has 1 fully saturated rings. The molecule has 1 heterocycles. The lowest BCUT2D eigenvalue weighted by molar-refractivity contribution is 0.427. The summed E-state index contributed by atoms with van der Waals surface area (Å²) in [5.74, 6) is 0. The van der Waals surface area contributed by atoms with Crippen LogP contribution < -0.4 is 11.1 Å². The van der Waals surface area contributed by atoms with Crippen LogP contribution in [-0.4, -0.2) is 6.54 Å². The first-order valence-electron chi connectivity index (χ1n) is 5.95. The largest absolute Gasteiger partial charge is 0.399 e. The van der Waals surface area contributed by atoms with E-state index in [1.807, 2.05) is 12.1 Å². The first-order chi connectivity index (χ1) is 7.36. The van der Waals surface area contributed by atoms with Gasteiger partial charge in [-0.3, -0.25) is 0 Å². The van der Waals surface area contributed by atoms with E-state index in [1.165, 1.54) is 37.7 Å². The van der Waals surface area contributed by atoms with Crippen molar-refractivity contribution in [2.24, 2.45) is 0 Å². The van der Waals surface area contributed by atoms with E-state index < -0.39 is 0 Å². The summed E-state index contributed by atoms with van der Waals surface area (Å²) in [7, 11) is 0. The third kappa shape index (κ3) is 2.96. The van der Waals surface area contributed by atoms with E-state index in [9.17, 15) is 0 Å². The van der Waals surface area contributed by atoms with Crippen LogP contribution in [0, 0.1) is 0 Å². The molecule has 0 bridgehead atoms. The Balaban J connectivity index is 2.03. The van der Waals surface area contributed by atoms with Gasteiger partial charge in [0, 0.05) is 11.7 Å². The van der Waals surface area contributed by atoms with E-state index in [0.717, 1.165) is 12.2 Å². The van der Waals surface area contributed by atoms with Gasteiger partial charge in [-0.15, -0.1) is 0 Å². The van der Waals surface area contributed by atoms with Crippen LogP contribution in [0.2, 0.25) is 0 Å². The molecule has 0 aliphatic carbocycles. The Morgan fingerprint density at radius 3 is 2.53 bits per heavy atom. The van der Waals surface area contributed by atoms with Crippen LogP contribution in [0.1, 0.15) is 43.7 Å². The highest BCUT2D eigenvalue weighted by Crippen LogP contribution is 2.22. The molecule has 1 saturated heterocycles. The van der Waals surface area contributed by atoms with Crippen molar-refractivity contribution in [2.75, 3.05) is 12.3 Å². The molecule has 0 radical (unpaired) electrons. The molecule has 1 aliphatic rings. The minimum absolute atomic E-state index is 0.533. The van der Waals surface area contributed by atoms with Crippen molar-refractivity contribution < 1.29 is 0 Å². The summed E-state index contributed by atoms with van der Waals surface area (Å²) in [5, 5.41) is 3.62. The number of anilines is 1. The Hall–Kier alpha value is -1.02. The molecule has 1 aliphatic heterocycles. The van der Waals surface area contributed by atoms with E-state index in [2.05, 4.69) is 17.4 Å². The van der Waals surface area contributed by atoms with Crippen LogP contribution in [0.4, 0.5) is 5.69 Å². The predicted molar refractivity (Wildman–Crippen MR) is 64.7 cm³/mol. The molecule has 2 heteroatoms. The highest BCUT2D eigenvalue weighted by Gasteiger charge is 2.11. The summed E-state index contributed by atoms with van der Waals surface area (Å²) in [6, 6.07) is 8.82. The van der Waals surface area contributed by atoms with Gasteiger partial charge < -0.3 is 11.1 Å². The van der Waals surface area contributed by atoms with Gasteiger partial charge in [0.1, 0.15) is 0 Å². The van der Waals surface area contributed by atoms with Crippen LogP contribution in [0.15, 0.2) is 24.3 Å². The van der Waals surface area contributed by atoms with E-state index >= 15 is 0 Å². The molecule has 1 aromatic carbocycles. The van der Waals surface area contributed by atoms with Gasteiger partial charge in [-0.25, -0.2) is 0 Å². The lowest BCUT2D eigenvalue weighted by Crippen LogP contribution is -2.23. The van der Waals surface area contributed by atoms with Crippen molar-refractivity contribution in [3.63, 3.8) is 0 Å². The Labute approximate surface area is 91.9 Å². The quantitative estimate of drug-likeness (QED) is 0.690. The van der Waals surface area contributed by atoms with Gasteiger partial charge >= 0.3 is 0 Å². The van der Waals surface area contributed by atoms with Crippen molar-refractivity contribution in [3.8, 4) is 0 Å². The van der Waals surface area contributed by atoms with Gasteiger partial charge in [0.2, 0.25) is 0 Å². The van der Waals surface area contributed by atoms with E-state index in [0.29, 0.717) is 6.04 Å². The summed E-state index contributed by atoms with van der Waals surface area (Å²) in [6.07, 6.45) is 6.66. The highest BCUT2D eigenvalue weighted by atomic mass is 14.9. The third-order valence-electron chi connectivity index (χ3n) is 3.15. The van der Waals surface area contributed by atoms with Gasteiger partial charge in [-0.1, -0.05) is 31.4 Å². The molecule has 0 aromatic heterocycles. The highest BCUT2D eigenvalue weighted by molar-refractivity contribution is 5.40. The number of hydrogen-bond acceptors (Lipinski definition) is 2. The molecule has 2 rings (SSSR count). The van der Waals surface area contributed by atoms with Crippen molar-refractivity contribution in [1.82, 2.24) is 5.32 Å². The average Bonchev–Trinajstić information content (AvgIpc) is 2.19. The van der Waals surface area contributed by atoms with Crippen molar-refractivity contribution in [3.05, 3.63) is 29.8 Å². The van der Waals surface area contributed by atoms with Crippen LogP contribution in [0.3, 0.4) is 0 Å². The first kappa shape index (κ1) is 10.5. The second-order valence-electron chi connectivity index (χ2n) is 4.38. The lowest BCUT2D eigenvalue weighted by Gasteiger charge is -2.21. The van der Waals surface area contributed by atoms with Gasteiger partial charge in [0.15, 0.2) is 0 Å². The second kappa shape index (κ2) is 5.17. The molecule has 0 amide bonds. The Morgan fingerprint density at radius 1 is 1.00 bits per heavy atom. The summed E-state index contributed by atoms with van der Waals surface area (Å²) in [6.45, 7) is 1.15. The molecular formula is C13H20N2. The summed E-state index contributed by atoms with van der Waals surface area (Å²) in [4.78, 5) is 0. The fraction of sp³-hybridized carbons (Fsp3) is 0.538. The summed E-state index contributed by atoms with van der Waals surface area (Å²) in [5.41, 5.74) is 7.92. The number of nitrogens with two attached hydrogens (primary N) is 1. The smallest absolute Gasteiger partial charge is 0.0320 e. The Kier molecular flexibility index (Phi) is 3.62. The monoisotopic (exact) mass is 204 g/mol. The Morgan fingerprint density at radius 2 is 1.73 bits per heavy atom. The number of benzene rings is 1. The van der Waals surface area contributed by atoms with Crippen molar-refractivity contribution >= 4 is 5.69 Å².